The summed E-state index contributed by atoms with van der Waals surface area (Å²) in [5.41, 5.74) is 0.0252. The monoisotopic (exact) mass is 348 g/mol. The van der Waals surface area contributed by atoms with E-state index in [-0.39, 0.29) is 11.9 Å². The van der Waals surface area contributed by atoms with Crippen LogP contribution < -0.4 is 14.8 Å². The molecule has 1 aromatic carbocycles. The Morgan fingerprint density at radius 3 is 3.00 bits per heavy atom. The van der Waals surface area contributed by atoms with E-state index in [1.807, 2.05) is 13.0 Å². The maximum Gasteiger partial charge on any atom is 0.321 e. The van der Waals surface area contributed by atoms with Crippen molar-refractivity contribution < 1.29 is 19.4 Å². The molecule has 0 bridgehead atoms. The zero-order valence-electron chi connectivity index (χ0n) is 15.1. The van der Waals surface area contributed by atoms with Crippen molar-refractivity contribution in [2.24, 2.45) is 5.92 Å². The Morgan fingerprint density at radius 1 is 1.40 bits per heavy atom. The van der Waals surface area contributed by atoms with Crippen LogP contribution in [0.4, 0.5) is 10.5 Å². The second kappa shape index (κ2) is 7.52. The van der Waals surface area contributed by atoms with Crippen molar-refractivity contribution in [1.29, 1.82) is 0 Å². The summed E-state index contributed by atoms with van der Waals surface area (Å²) in [6, 6.07) is 5.23. The summed E-state index contributed by atoms with van der Waals surface area (Å²) in [6.45, 7) is 3.61. The molecule has 0 unspecified atom stereocenters. The predicted molar refractivity (Wildman–Crippen MR) is 96.3 cm³/mol. The molecule has 2 N–H and O–H groups in total. The number of likely N-dealkylation sites (tertiary alicyclic amines) is 1. The number of amides is 2. The molecule has 1 saturated carbocycles. The molecule has 6 heteroatoms. The number of piperidine rings is 1. The summed E-state index contributed by atoms with van der Waals surface area (Å²) in [5.74, 6) is 1.47. The number of hydrogen-bond acceptors (Lipinski definition) is 4. The Balaban J connectivity index is 1.70. The van der Waals surface area contributed by atoms with E-state index in [4.69, 9.17) is 9.47 Å². The van der Waals surface area contributed by atoms with Gasteiger partial charge in [-0.05, 0) is 38.3 Å². The maximum atomic E-state index is 12.7. The van der Waals surface area contributed by atoms with Gasteiger partial charge in [0, 0.05) is 25.1 Å². The molecule has 0 spiro atoms. The van der Waals surface area contributed by atoms with Crippen LogP contribution in [-0.4, -0.2) is 48.4 Å². The molecule has 0 radical (unpaired) electrons. The van der Waals surface area contributed by atoms with E-state index < -0.39 is 5.60 Å². The van der Waals surface area contributed by atoms with Crippen molar-refractivity contribution >= 4 is 11.7 Å². The third-order valence-electron chi connectivity index (χ3n) is 5.44. The number of nitrogens with one attached hydrogen (secondary N) is 1. The number of nitrogens with zero attached hydrogens (tertiary/aromatic N) is 1. The Morgan fingerprint density at radius 2 is 2.24 bits per heavy atom. The number of carbonyl (C=O) groups excluding carboxylic acids is 1. The van der Waals surface area contributed by atoms with Crippen LogP contribution in [0.25, 0.3) is 0 Å². The number of fused-ring (bicyclic) bond motifs is 1. The third-order valence-corrected chi connectivity index (χ3v) is 5.44. The molecule has 2 atom stereocenters. The predicted octanol–water partition coefficient (Wildman–Crippen LogP) is 3.25. The number of carbonyl (C=O) groups is 1. The molecule has 138 valence electrons. The standard InChI is InChI=1S/C19H28N2O4/c1-3-25-17-8-7-15(24-2)12-16(17)20-18(22)21-11-10-19(23)9-5-4-6-14(19)13-21/h7-8,12,14,23H,3-6,9-11,13H2,1-2H3,(H,20,22)/t14-,19+/m0/s1. The summed E-state index contributed by atoms with van der Waals surface area (Å²) in [5, 5.41) is 13.7. The van der Waals surface area contributed by atoms with Crippen molar-refractivity contribution in [1.82, 2.24) is 4.90 Å². The average Bonchev–Trinajstić information content (AvgIpc) is 2.62. The summed E-state index contributed by atoms with van der Waals surface area (Å²) < 4.78 is 10.8. The van der Waals surface area contributed by atoms with E-state index in [1.165, 1.54) is 0 Å². The molecule has 1 aliphatic heterocycles. The Bertz CT molecular complexity index is 621. The van der Waals surface area contributed by atoms with Crippen LogP contribution >= 0.6 is 0 Å². The number of anilines is 1. The fraction of sp³-hybridized carbons (Fsp3) is 0.632. The molecule has 1 heterocycles. The first-order chi connectivity index (χ1) is 12.1. The number of hydrogen-bond donors (Lipinski definition) is 2. The van der Waals surface area contributed by atoms with Crippen molar-refractivity contribution in [2.75, 3.05) is 32.1 Å². The molecule has 2 fully saturated rings. The number of aliphatic hydroxyl groups is 1. The van der Waals surface area contributed by atoms with Gasteiger partial charge in [0.1, 0.15) is 11.5 Å². The minimum absolute atomic E-state index is 0.151. The van der Waals surface area contributed by atoms with Gasteiger partial charge in [-0.15, -0.1) is 0 Å². The van der Waals surface area contributed by atoms with Gasteiger partial charge in [-0.1, -0.05) is 12.8 Å². The molecule has 1 aromatic rings. The molecular formula is C19H28N2O4. The highest BCUT2D eigenvalue weighted by atomic mass is 16.5. The maximum absolute atomic E-state index is 12.7. The molecule has 3 rings (SSSR count). The zero-order chi connectivity index (χ0) is 17.9. The quantitative estimate of drug-likeness (QED) is 0.876. The van der Waals surface area contributed by atoms with Crippen molar-refractivity contribution in [3.05, 3.63) is 18.2 Å². The SMILES string of the molecule is CCOc1ccc(OC)cc1NC(=O)N1CC[C@]2(O)CCCC[C@H]2C1. The smallest absolute Gasteiger partial charge is 0.321 e. The molecule has 1 saturated heterocycles. The van der Waals surface area contributed by atoms with Gasteiger partial charge >= 0.3 is 6.03 Å². The minimum Gasteiger partial charge on any atom is -0.497 e. The van der Waals surface area contributed by atoms with Gasteiger partial charge in [0.25, 0.3) is 0 Å². The van der Waals surface area contributed by atoms with E-state index in [0.29, 0.717) is 43.3 Å². The fourth-order valence-electron chi connectivity index (χ4n) is 3.96. The highest BCUT2D eigenvalue weighted by Crippen LogP contribution is 2.40. The van der Waals surface area contributed by atoms with Crippen LogP contribution in [0.2, 0.25) is 0 Å². The Hall–Kier alpha value is -1.95. The molecule has 0 aromatic heterocycles. The lowest BCUT2D eigenvalue weighted by atomic mass is 9.71. The molecule has 25 heavy (non-hydrogen) atoms. The second-order valence-electron chi connectivity index (χ2n) is 6.97. The lowest BCUT2D eigenvalue weighted by molar-refractivity contribution is -0.0863. The number of methoxy groups -OCH3 is 1. The topological polar surface area (TPSA) is 71.0 Å². The van der Waals surface area contributed by atoms with Gasteiger partial charge in [-0.25, -0.2) is 4.79 Å². The first-order valence-corrected chi connectivity index (χ1v) is 9.15. The Labute approximate surface area is 149 Å². The lowest BCUT2D eigenvalue weighted by Crippen LogP contribution is -2.55. The van der Waals surface area contributed by atoms with E-state index in [1.54, 1.807) is 24.1 Å². The molecule has 2 aliphatic rings. The van der Waals surface area contributed by atoms with Gasteiger partial charge in [-0.2, -0.15) is 0 Å². The molecule has 2 amide bonds. The van der Waals surface area contributed by atoms with Crippen LogP contribution in [0.3, 0.4) is 0 Å². The Kier molecular flexibility index (Phi) is 5.37. The summed E-state index contributed by atoms with van der Waals surface area (Å²) in [4.78, 5) is 14.5. The number of urea groups is 1. The zero-order valence-corrected chi connectivity index (χ0v) is 15.1. The largest absolute Gasteiger partial charge is 0.497 e. The van der Waals surface area contributed by atoms with Crippen LogP contribution in [-0.2, 0) is 0 Å². The van der Waals surface area contributed by atoms with Gasteiger partial charge in [0.15, 0.2) is 0 Å². The lowest BCUT2D eigenvalue weighted by Gasteiger charge is -2.47. The number of ether oxygens (including phenoxy) is 2. The number of benzene rings is 1. The molecule has 6 nitrogen and oxygen atoms in total. The average molecular weight is 348 g/mol. The number of rotatable bonds is 4. The molecule has 1 aliphatic carbocycles. The highest BCUT2D eigenvalue weighted by molar-refractivity contribution is 5.91. The van der Waals surface area contributed by atoms with Crippen molar-refractivity contribution in [3.63, 3.8) is 0 Å². The van der Waals surface area contributed by atoms with Crippen LogP contribution in [0.15, 0.2) is 18.2 Å². The fourth-order valence-corrected chi connectivity index (χ4v) is 3.96. The van der Waals surface area contributed by atoms with Gasteiger partial charge in [0.05, 0.1) is 25.0 Å². The third kappa shape index (κ3) is 3.84. The van der Waals surface area contributed by atoms with E-state index in [0.717, 1.165) is 25.7 Å². The first-order valence-electron chi connectivity index (χ1n) is 9.15. The van der Waals surface area contributed by atoms with Crippen LogP contribution in [0.5, 0.6) is 11.5 Å². The first kappa shape index (κ1) is 17.9. The van der Waals surface area contributed by atoms with Crippen LogP contribution in [0.1, 0.15) is 39.0 Å². The van der Waals surface area contributed by atoms with Crippen LogP contribution in [0, 0.1) is 5.92 Å². The van der Waals surface area contributed by atoms with Gasteiger partial charge in [0.2, 0.25) is 0 Å². The normalized spacial score (nSPS) is 25.9. The summed E-state index contributed by atoms with van der Waals surface area (Å²) >= 11 is 0. The van der Waals surface area contributed by atoms with E-state index >= 15 is 0 Å². The van der Waals surface area contributed by atoms with Gasteiger partial charge in [-0.3, -0.25) is 0 Å². The minimum atomic E-state index is -0.582. The summed E-state index contributed by atoms with van der Waals surface area (Å²) in [7, 11) is 1.59. The van der Waals surface area contributed by atoms with E-state index in [9.17, 15) is 9.90 Å². The van der Waals surface area contributed by atoms with Crippen molar-refractivity contribution in [3.8, 4) is 11.5 Å². The van der Waals surface area contributed by atoms with Gasteiger partial charge < -0.3 is 24.8 Å². The second-order valence-corrected chi connectivity index (χ2v) is 6.97. The highest BCUT2D eigenvalue weighted by Gasteiger charge is 2.43. The summed E-state index contributed by atoms with van der Waals surface area (Å²) in [6.07, 6.45) is 4.72. The van der Waals surface area contributed by atoms with Crippen molar-refractivity contribution in [2.45, 2.75) is 44.6 Å². The van der Waals surface area contributed by atoms with E-state index in [2.05, 4.69) is 5.32 Å². The molecular weight excluding hydrogens is 320 g/mol.